The molecule has 2 heterocycles. The van der Waals surface area contributed by atoms with E-state index in [0.29, 0.717) is 5.75 Å². The second-order valence-corrected chi connectivity index (χ2v) is 6.94. The van der Waals surface area contributed by atoms with E-state index < -0.39 is 0 Å². The fourth-order valence-electron chi connectivity index (χ4n) is 4.06. The molecule has 0 aliphatic heterocycles. The molecule has 4 heteroatoms. The van der Waals surface area contributed by atoms with E-state index in [4.69, 9.17) is 4.74 Å². The molecule has 0 spiro atoms. The van der Waals surface area contributed by atoms with Crippen LogP contribution in [-0.4, -0.2) is 22.2 Å². The number of fused-ring (bicyclic) bond motifs is 2. The van der Waals surface area contributed by atoms with Crippen LogP contribution in [0.2, 0.25) is 0 Å². The standard InChI is InChI=1S/C24H20N2O2/c1-28-15-10-11-18(23(27)12-15)24(19-13-25-21-8-4-2-6-16(19)21)20-14-26-22-9-5-3-7-17(20)22/h2-14,24-27H,1H3. The molecular weight excluding hydrogens is 348 g/mol. The van der Waals surface area contributed by atoms with Crippen molar-refractivity contribution in [1.29, 1.82) is 0 Å². The van der Waals surface area contributed by atoms with Gasteiger partial charge in [0.1, 0.15) is 11.5 Å². The van der Waals surface area contributed by atoms with Crippen molar-refractivity contribution in [3.63, 3.8) is 0 Å². The molecule has 3 N–H and O–H groups in total. The maximum Gasteiger partial charge on any atom is 0.123 e. The number of benzene rings is 3. The molecule has 2 aromatic heterocycles. The Morgan fingerprint density at radius 1 is 0.750 bits per heavy atom. The van der Waals surface area contributed by atoms with Crippen molar-refractivity contribution in [3.8, 4) is 11.5 Å². The second kappa shape index (κ2) is 6.50. The van der Waals surface area contributed by atoms with E-state index in [1.54, 1.807) is 13.2 Å². The minimum atomic E-state index is -0.127. The monoisotopic (exact) mass is 368 g/mol. The van der Waals surface area contributed by atoms with Crippen LogP contribution in [0.3, 0.4) is 0 Å². The number of phenols is 1. The van der Waals surface area contributed by atoms with Crippen LogP contribution in [0.5, 0.6) is 11.5 Å². The highest BCUT2D eigenvalue weighted by atomic mass is 16.5. The Morgan fingerprint density at radius 2 is 1.32 bits per heavy atom. The molecule has 138 valence electrons. The largest absolute Gasteiger partial charge is 0.507 e. The number of hydrogen-bond donors (Lipinski definition) is 3. The van der Waals surface area contributed by atoms with Gasteiger partial charge in [0, 0.05) is 51.7 Å². The summed E-state index contributed by atoms with van der Waals surface area (Å²) in [4.78, 5) is 6.75. The Hall–Kier alpha value is -3.66. The molecule has 0 radical (unpaired) electrons. The first-order valence-corrected chi connectivity index (χ1v) is 9.25. The molecule has 28 heavy (non-hydrogen) atoms. The lowest BCUT2D eigenvalue weighted by molar-refractivity contribution is 0.406. The first kappa shape index (κ1) is 16.5. The van der Waals surface area contributed by atoms with E-state index in [2.05, 4.69) is 34.2 Å². The molecule has 0 amide bonds. The number of aromatic hydroxyl groups is 1. The zero-order valence-electron chi connectivity index (χ0n) is 15.4. The summed E-state index contributed by atoms with van der Waals surface area (Å²) in [6, 6.07) is 22.0. The quantitative estimate of drug-likeness (QED) is 0.390. The number of ether oxygens (including phenoxy) is 1. The van der Waals surface area contributed by atoms with Gasteiger partial charge in [-0.25, -0.2) is 0 Å². The van der Waals surface area contributed by atoms with Crippen LogP contribution in [0.4, 0.5) is 0 Å². The molecule has 0 bridgehead atoms. The number of aromatic amines is 2. The third kappa shape index (κ3) is 2.54. The van der Waals surface area contributed by atoms with Gasteiger partial charge in [0.2, 0.25) is 0 Å². The first-order valence-electron chi connectivity index (χ1n) is 9.25. The Morgan fingerprint density at radius 3 is 1.86 bits per heavy atom. The Bertz CT molecular complexity index is 1210. The lowest BCUT2D eigenvalue weighted by Crippen LogP contribution is -2.03. The predicted octanol–water partition coefficient (Wildman–Crippen LogP) is 5.54. The first-order chi connectivity index (χ1) is 13.8. The van der Waals surface area contributed by atoms with E-state index in [1.807, 2.05) is 48.8 Å². The van der Waals surface area contributed by atoms with Gasteiger partial charge in [0.15, 0.2) is 0 Å². The van der Waals surface area contributed by atoms with Gasteiger partial charge in [0.05, 0.1) is 7.11 Å². The minimum Gasteiger partial charge on any atom is -0.507 e. The summed E-state index contributed by atoms with van der Waals surface area (Å²) < 4.78 is 5.28. The summed E-state index contributed by atoms with van der Waals surface area (Å²) in [6.07, 6.45) is 4.08. The van der Waals surface area contributed by atoms with Crippen LogP contribution < -0.4 is 4.74 Å². The summed E-state index contributed by atoms with van der Waals surface area (Å²) in [6.45, 7) is 0. The van der Waals surface area contributed by atoms with Gasteiger partial charge in [0.25, 0.3) is 0 Å². The molecule has 5 rings (SSSR count). The fraction of sp³-hybridized carbons (Fsp3) is 0.0833. The topological polar surface area (TPSA) is 61.0 Å². The highest BCUT2D eigenvalue weighted by Crippen LogP contribution is 2.43. The summed E-state index contributed by atoms with van der Waals surface area (Å²) in [5.74, 6) is 0.732. The van der Waals surface area contributed by atoms with E-state index in [-0.39, 0.29) is 11.7 Å². The zero-order chi connectivity index (χ0) is 19.1. The molecule has 0 aliphatic carbocycles. The van der Waals surface area contributed by atoms with Gasteiger partial charge in [-0.3, -0.25) is 0 Å². The number of nitrogens with one attached hydrogen (secondary N) is 2. The molecule has 0 saturated carbocycles. The molecule has 0 saturated heterocycles. The van der Waals surface area contributed by atoms with Gasteiger partial charge >= 0.3 is 0 Å². The van der Waals surface area contributed by atoms with E-state index in [9.17, 15) is 5.11 Å². The lowest BCUT2D eigenvalue weighted by atomic mass is 9.84. The van der Waals surface area contributed by atoms with Gasteiger partial charge in [-0.15, -0.1) is 0 Å². The van der Waals surface area contributed by atoms with Crippen LogP contribution in [0.25, 0.3) is 21.8 Å². The van der Waals surface area contributed by atoms with Crippen LogP contribution in [0.1, 0.15) is 22.6 Å². The van der Waals surface area contributed by atoms with Gasteiger partial charge in [-0.2, -0.15) is 0 Å². The summed E-state index contributed by atoms with van der Waals surface area (Å²) in [7, 11) is 1.60. The van der Waals surface area contributed by atoms with E-state index in [1.165, 1.54) is 0 Å². The lowest BCUT2D eigenvalue weighted by Gasteiger charge is -2.19. The van der Waals surface area contributed by atoms with Crippen molar-refractivity contribution in [1.82, 2.24) is 9.97 Å². The molecule has 3 aromatic carbocycles. The van der Waals surface area contributed by atoms with Crippen LogP contribution in [-0.2, 0) is 0 Å². The number of hydrogen-bond acceptors (Lipinski definition) is 2. The maximum atomic E-state index is 10.8. The normalized spacial score (nSPS) is 11.5. The van der Waals surface area contributed by atoms with Crippen molar-refractivity contribution in [3.05, 3.63) is 95.8 Å². The molecule has 4 nitrogen and oxygen atoms in total. The second-order valence-electron chi connectivity index (χ2n) is 6.94. The maximum absolute atomic E-state index is 10.8. The molecular formula is C24H20N2O2. The third-order valence-corrected chi connectivity index (χ3v) is 5.41. The number of rotatable bonds is 4. The number of methoxy groups -OCH3 is 1. The molecule has 0 unspecified atom stereocenters. The predicted molar refractivity (Wildman–Crippen MR) is 112 cm³/mol. The average Bonchev–Trinajstić information content (AvgIpc) is 3.35. The Labute approximate surface area is 162 Å². The Balaban J connectivity index is 1.80. The highest BCUT2D eigenvalue weighted by Gasteiger charge is 2.25. The number of phenolic OH excluding ortho intramolecular Hbond substituents is 1. The van der Waals surface area contributed by atoms with Gasteiger partial charge in [-0.05, 0) is 29.3 Å². The molecule has 5 aromatic rings. The molecule has 0 atom stereocenters. The third-order valence-electron chi connectivity index (χ3n) is 5.41. The van der Waals surface area contributed by atoms with Crippen molar-refractivity contribution >= 4 is 21.8 Å². The van der Waals surface area contributed by atoms with Crippen molar-refractivity contribution in [2.45, 2.75) is 5.92 Å². The number of H-pyrrole nitrogens is 2. The number of aromatic nitrogens is 2. The minimum absolute atomic E-state index is 0.127. The summed E-state index contributed by atoms with van der Waals surface area (Å²) in [5, 5.41) is 13.1. The van der Waals surface area contributed by atoms with E-state index in [0.717, 1.165) is 38.5 Å². The zero-order valence-corrected chi connectivity index (χ0v) is 15.4. The number of para-hydroxylation sites is 2. The van der Waals surface area contributed by atoms with Gasteiger partial charge < -0.3 is 19.8 Å². The van der Waals surface area contributed by atoms with Crippen LogP contribution in [0, 0.1) is 0 Å². The van der Waals surface area contributed by atoms with Gasteiger partial charge in [-0.1, -0.05) is 42.5 Å². The molecule has 0 aliphatic rings. The average molecular weight is 368 g/mol. The highest BCUT2D eigenvalue weighted by molar-refractivity contribution is 5.89. The smallest absolute Gasteiger partial charge is 0.123 e. The van der Waals surface area contributed by atoms with Crippen molar-refractivity contribution in [2.75, 3.05) is 7.11 Å². The van der Waals surface area contributed by atoms with E-state index >= 15 is 0 Å². The SMILES string of the molecule is COc1ccc(C(c2c[nH]c3ccccc23)c2c[nH]c3ccccc23)c(O)c1. The molecule has 0 fully saturated rings. The summed E-state index contributed by atoms with van der Waals surface area (Å²) in [5.41, 5.74) is 5.25. The Kier molecular flexibility index (Phi) is 3.83. The fourth-order valence-corrected chi connectivity index (χ4v) is 4.06. The summed E-state index contributed by atoms with van der Waals surface area (Å²) >= 11 is 0. The van der Waals surface area contributed by atoms with Crippen LogP contribution >= 0.6 is 0 Å². The van der Waals surface area contributed by atoms with Crippen molar-refractivity contribution in [2.24, 2.45) is 0 Å². The van der Waals surface area contributed by atoms with Crippen LogP contribution in [0.15, 0.2) is 79.1 Å². The van der Waals surface area contributed by atoms with Crippen molar-refractivity contribution < 1.29 is 9.84 Å².